The third kappa shape index (κ3) is 0.996. The van der Waals surface area contributed by atoms with Gasteiger partial charge in [0.05, 0.1) is 7.11 Å². The molecule has 0 unspecified atom stereocenters. The van der Waals surface area contributed by atoms with Gasteiger partial charge in [-0.15, -0.1) is 6.58 Å². The van der Waals surface area contributed by atoms with E-state index in [2.05, 4.69) is 6.58 Å². The van der Waals surface area contributed by atoms with Crippen molar-refractivity contribution in [2.75, 3.05) is 7.11 Å². The van der Waals surface area contributed by atoms with Crippen LogP contribution in [0.15, 0.2) is 24.5 Å². The number of esters is 1. The van der Waals surface area contributed by atoms with Gasteiger partial charge in [-0.2, -0.15) is 0 Å². The molecule has 70 valence electrons. The maximum absolute atomic E-state index is 11.2. The zero-order valence-corrected chi connectivity index (χ0v) is 7.58. The lowest BCUT2D eigenvalue weighted by molar-refractivity contribution is -0.159. The summed E-state index contributed by atoms with van der Waals surface area (Å²) in [7, 11) is 1.48. The zero-order chi connectivity index (χ0) is 9.47. The summed E-state index contributed by atoms with van der Waals surface area (Å²) in [6.07, 6.45) is 5.53. The first-order valence-electron chi connectivity index (χ1n) is 4.34. The Hall–Kier alpha value is -1.25. The topological polar surface area (TPSA) is 35.5 Å². The Morgan fingerprint density at radius 3 is 3.00 bits per heavy atom. The second-order valence-corrected chi connectivity index (χ2v) is 3.44. The summed E-state index contributed by atoms with van der Waals surface area (Å²) in [4.78, 5) is 11.2. The van der Waals surface area contributed by atoms with Crippen molar-refractivity contribution in [3.8, 4) is 0 Å². The highest BCUT2D eigenvalue weighted by Gasteiger charge is 2.52. The molecule has 0 radical (unpaired) electrons. The standard InChI is InChI=1S/C10H12O3/c1-3-7-4-5-10(7)6-8(12-2)9(11)13-10/h3,6-7H,1,4-5H2,2H3/t7-,10+/m0/s1. The molecule has 1 heterocycles. The Morgan fingerprint density at radius 1 is 1.85 bits per heavy atom. The molecule has 1 aliphatic heterocycles. The predicted molar refractivity (Wildman–Crippen MR) is 46.8 cm³/mol. The Kier molecular flexibility index (Phi) is 1.68. The van der Waals surface area contributed by atoms with E-state index < -0.39 is 5.60 Å². The summed E-state index contributed by atoms with van der Waals surface area (Å²) >= 11 is 0. The van der Waals surface area contributed by atoms with E-state index in [0.29, 0.717) is 5.76 Å². The first-order chi connectivity index (χ1) is 6.22. The summed E-state index contributed by atoms with van der Waals surface area (Å²) in [5.41, 5.74) is -0.426. The summed E-state index contributed by atoms with van der Waals surface area (Å²) in [5.74, 6) is 0.227. The van der Waals surface area contributed by atoms with E-state index in [4.69, 9.17) is 9.47 Å². The van der Waals surface area contributed by atoms with Crippen LogP contribution in [-0.4, -0.2) is 18.7 Å². The molecule has 3 nitrogen and oxygen atoms in total. The highest BCUT2D eigenvalue weighted by molar-refractivity contribution is 5.89. The minimum Gasteiger partial charge on any atom is -0.490 e. The summed E-state index contributed by atoms with van der Waals surface area (Å²) in [6.45, 7) is 3.72. The van der Waals surface area contributed by atoms with E-state index in [1.165, 1.54) is 7.11 Å². The van der Waals surface area contributed by atoms with Crippen LogP contribution in [0.3, 0.4) is 0 Å². The SMILES string of the molecule is C=C[C@H]1CC[C@@]12C=C(OC)C(=O)O2. The number of ether oxygens (including phenoxy) is 2. The molecule has 2 rings (SSSR count). The Morgan fingerprint density at radius 2 is 2.62 bits per heavy atom. The molecule has 0 N–H and O–H groups in total. The van der Waals surface area contributed by atoms with Crippen LogP contribution in [0.25, 0.3) is 0 Å². The van der Waals surface area contributed by atoms with Gasteiger partial charge in [0.15, 0.2) is 0 Å². The Bertz CT molecular complexity index is 293. The molecular formula is C10H12O3. The first kappa shape index (κ1) is 8.35. The normalized spacial score (nSPS) is 36.5. The van der Waals surface area contributed by atoms with Crippen LogP contribution in [0.5, 0.6) is 0 Å². The average molecular weight is 180 g/mol. The lowest BCUT2D eigenvalue weighted by Gasteiger charge is -2.42. The van der Waals surface area contributed by atoms with Gasteiger partial charge in [-0.1, -0.05) is 6.08 Å². The van der Waals surface area contributed by atoms with E-state index >= 15 is 0 Å². The van der Waals surface area contributed by atoms with Crippen molar-refractivity contribution in [2.24, 2.45) is 5.92 Å². The minimum absolute atomic E-state index is 0.254. The van der Waals surface area contributed by atoms with Gasteiger partial charge in [-0.3, -0.25) is 0 Å². The van der Waals surface area contributed by atoms with Gasteiger partial charge < -0.3 is 9.47 Å². The number of hydrogen-bond donors (Lipinski definition) is 0. The van der Waals surface area contributed by atoms with Gasteiger partial charge >= 0.3 is 5.97 Å². The molecule has 0 aromatic carbocycles. The molecule has 3 heteroatoms. The van der Waals surface area contributed by atoms with Crippen molar-refractivity contribution < 1.29 is 14.3 Å². The van der Waals surface area contributed by atoms with Crippen LogP contribution in [-0.2, 0) is 14.3 Å². The maximum atomic E-state index is 11.2. The molecule has 1 fully saturated rings. The van der Waals surface area contributed by atoms with E-state index in [9.17, 15) is 4.79 Å². The number of hydrogen-bond acceptors (Lipinski definition) is 3. The van der Waals surface area contributed by atoms with E-state index in [1.807, 2.05) is 6.08 Å². The van der Waals surface area contributed by atoms with Crippen LogP contribution in [0, 0.1) is 5.92 Å². The Balaban J connectivity index is 2.24. The fourth-order valence-corrected chi connectivity index (χ4v) is 1.89. The van der Waals surface area contributed by atoms with E-state index in [0.717, 1.165) is 12.8 Å². The highest BCUT2D eigenvalue weighted by atomic mass is 16.6. The minimum atomic E-state index is -0.426. The molecule has 2 aliphatic rings. The average Bonchev–Trinajstić information content (AvgIpc) is 2.44. The monoisotopic (exact) mass is 180 g/mol. The fraction of sp³-hybridized carbons (Fsp3) is 0.500. The lowest BCUT2D eigenvalue weighted by Crippen LogP contribution is -2.45. The molecule has 1 aliphatic carbocycles. The molecule has 0 amide bonds. The number of carbonyl (C=O) groups is 1. The molecule has 0 saturated heterocycles. The maximum Gasteiger partial charge on any atom is 0.374 e. The summed E-state index contributed by atoms with van der Waals surface area (Å²) in [5, 5.41) is 0. The molecule has 1 saturated carbocycles. The zero-order valence-electron chi connectivity index (χ0n) is 7.58. The first-order valence-corrected chi connectivity index (χ1v) is 4.34. The molecule has 0 aromatic heterocycles. The van der Waals surface area contributed by atoms with Crippen molar-refractivity contribution in [1.82, 2.24) is 0 Å². The molecule has 1 spiro atoms. The van der Waals surface area contributed by atoms with Crippen LogP contribution in [0.4, 0.5) is 0 Å². The van der Waals surface area contributed by atoms with Crippen LogP contribution in [0.2, 0.25) is 0 Å². The number of methoxy groups -OCH3 is 1. The van der Waals surface area contributed by atoms with Gasteiger partial charge in [0.1, 0.15) is 5.60 Å². The molecule has 13 heavy (non-hydrogen) atoms. The van der Waals surface area contributed by atoms with Crippen molar-refractivity contribution in [1.29, 1.82) is 0 Å². The molecular weight excluding hydrogens is 168 g/mol. The summed E-state index contributed by atoms with van der Waals surface area (Å²) < 4.78 is 10.2. The van der Waals surface area contributed by atoms with Gasteiger partial charge in [-0.25, -0.2) is 4.79 Å². The third-order valence-corrected chi connectivity index (χ3v) is 2.84. The molecule has 2 atom stereocenters. The second kappa shape index (κ2) is 2.62. The number of carbonyl (C=O) groups excluding carboxylic acids is 1. The van der Waals surface area contributed by atoms with E-state index in [1.54, 1.807) is 6.08 Å². The lowest BCUT2D eigenvalue weighted by atomic mass is 9.69. The van der Waals surface area contributed by atoms with Gasteiger partial charge in [-0.05, 0) is 12.8 Å². The highest BCUT2D eigenvalue weighted by Crippen LogP contribution is 2.47. The fourth-order valence-electron chi connectivity index (χ4n) is 1.89. The van der Waals surface area contributed by atoms with Gasteiger partial charge in [0, 0.05) is 12.0 Å². The van der Waals surface area contributed by atoms with E-state index in [-0.39, 0.29) is 11.9 Å². The van der Waals surface area contributed by atoms with Crippen molar-refractivity contribution >= 4 is 5.97 Å². The van der Waals surface area contributed by atoms with Gasteiger partial charge in [0.2, 0.25) is 5.76 Å². The third-order valence-electron chi connectivity index (χ3n) is 2.84. The smallest absolute Gasteiger partial charge is 0.374 e. The van der Waals surface area contributed by atoms with Crippen LogP contribution in [0.1, 0.15) is 12.8 Å². The number of rotatable bonds is 2. The van der Waals surface area contributed by atoms with Gasteiger partial charge in [0.25, 0.3) is 0 Å². The largest absolute Gasteiger partial charge is 0.490 e. The van der Waals surface area contributed by atoms with Crippen molar-refractivity contribution in [2.45, 2.75) is 18.4 Å². The second-order valence-electron chi connectivity index (χ2n) is 3.44. The molecule has 0 aromatic rings. The Labute approximate surface area is 77.0 Å². The van der Waals surface area contributed by atoms with Crippen molar-refractivity contribution in [3.63, 3.8) is 0 Å². The summed E-state index contributed by atoms with van der Waals surface area (Å²) in [6, 6.07) is 0. The predicted octanol–water partition coefficient (Wildman–Crippen LogP) is 1.41. The molecule has 0 bridgehead atoms. The van der Waals surface area contributed by atoms with Crippen LogP contribution >= 0.6 is 0 Å². The van der Waals surface area contributed by atoms with Crippen molar-refractivity contribution in [3.05, 3.63) is 24.5 Å². The quantitative estimate of drug-likeness (QED) is 0.476. The van der Waals surface area contributed by atoms with Crippen LogP contribution < -0.4 is 0 Å².